The lowest BCUT2D eigenvalue weighted by molar-refractivity contribution is -0.113. The Labute approximate surface area is 142 Å². The number of amides is 1. The lowest BCUT2D eigenvalue weighted by Crippen LogP contribution is -2.13. The lowest BCUT2D eigenvalue weighted by atomic mass is 10.3. The number of rotatable bonds is 6. The molecule has 3 aromatic rings. The number of carbonyl (C=O) groups is 1. The molecular weight excluding hydrogens is 328 g/mol. The minimum Gasteiger partial charge on any atom is -0.497 e. The van der Waals surface area contributed by atoms with Gasteiger partial charge >= 0.3 is 0 Å². The maximum absolute atomic E-state index is 12.0. The number of benzene rings is 1. The predicted molar refractivity (Wildman–Crippen MR) is 89.9 cm³/mol. The summed E-state index contributed by atoms with van der Waals surface area (Å²) < 4.78 is 10.6. The first-order chi connectivity index (χ1) is 11.7. The highest BCUT2D eigenvalue weighted by atomic mass is 32.2. The zero-order chi connectivity index (χ0) is 16.8. The molecule has 1 N–H and O–H groups in total. The minimum atomic E-state index is -0.164. The van der Waals surface area contributed by atoms with Crippen molar-refractivity contribution >= 4 is 23.4 Å². The van der Waals surface area contributed by atoms with Crippen molar-refractivity contribution in [2.45, 2.75) is 5.22 Å². The van der Waals surface area contributed by atoms with Gasteiger partial charge in [-0.2, -0.15) is 0 Å². The summed E-state index contributed by atoms with van der Waals surface area (Å²) in [4.78, 5) is 16.1. The van der Waals surface area contributed by atoms with Crippen LogP contribution in [0.25, 0.3) is 11.6 Å². The molecule has 0 radical (unpaired) electrons. The molecule has 122 valence electrons. The number of nitrogens with zero attached hydrogens (tertiary/aromatic N) is 3. The van der Waals surface area contributed by atoms with Gasteiger partial charge in [-0.1, -0.05) is 17.8 Å². The number of aromatic nitrogens is 3. The molecule has 0 aliphatic heterocycles. The van der Waals surface area contributed by atoms with Gasteiger partial charge in [0.1, 0.15) is 11.4 Å². The van der Waals surface area contributed by atoms with Crippen LogP contribution in [0.2, 0.25) is 0 Å². The fourth-order valence-corrected chi connectivity index (χ4v) is 2.42. The third kappa shape index (κ3) is 4.11. The maximum Gasteiger partial charge on any atom is 0.277 e. The van der Waals surface area contributed by atoms with Crippen LogP contribution in [0.15, 0.2) is 58.3 Å². The fourth-order valence-electron chi connectivity index (χ4n) is 1.86. The molecule has 0 fully saturated rings. The second-order valence-electron chi connectivity index (χ2n) is 4.65. The van der Waals surface area contributed by atoms with Gasteiger partial charge in [0.2, 0.25) is 5.91 Å². The van der Waals surface area contributed by atoms with E-state index in [9.17, 15) is 4.79 Å². The van der Waals surface area contributed by atoms with Gasteiger partial charge in [0, 0.05) is 11.9 Å². The van der Waals surface area contributed by atoms with Crippen molar-refractivity contribution in [3.05, 3.63) is 48.7 Å². The van der Waals surface area contributed by atoms with E-state index >= 15 is 0 Å². The number of hydrogen-bond acceptors (Lipinski definition) is 7. The van der Waals surface area contributed by atoms with Crippen molar-refractivity contribution in [3.8, 4) is 17.3 Å². The van der Waals surface area contributed by atoms with Crippen LogP contribution >= 0.6 is 11.8 Å². The number of thioether (sulfide) groups is 1. The van der Waals surface area contributed by atoms with E-state index in [1.807, 2.05) is 6.07 Å². The smallest absolute Gasteiger partial charge is 0.277 e. The Morgan fingerprint density at radius 2 is 2.04 bits per heavy atom. The van der Waals surface area contributed by atoms with Crippen LogP contribution < -0.4 is 10.1 Å². The van der Waals surface area contributed by atoms with Gasteiger partial charge < -0.3 is 14.5 Å². The van der Waals surface area contributed by atoms with Gasteiger partial charge in [0.05, 0.1) is 12.9 Å². The molecule has 0 bridgehead atoms. The molecule has 1 amide bonds. The Morgan fingerprint density at radius 1 is 1.21 bits per heavy atom. The number of anilines is 1. The van der Waals surface area contributed by atoms with Crippen molar-refractivity contribution in [2.24, 2.45) is 0 Å². The highest BCUT2D eigenvalue weighted by Gasteiger charge is 2.12. The van der Waals surface area contributed by atoms with Crippen molar-refractivity contribution in [1.29, 1.82) is 0 Å². The average Bonchev–Trinajstić information content (AvgIpc) is 3.10. The third-order valence-corrected chi connectivity index (χ3v) is 3.81. The van der Waals surface area contributed by atoms with Gasteiger partial charge in [0.15, 0.2) is 0 Å². The minimum absolute atomic E-state index is 0.163. The summed E-state index contributed by atoms with van der Waals surface area (Å²) in [6.45, 7) is 0. The lowest BCUT2D eigenvalue weighted by Gasteiger charge is -2.05. The second-order valence-corrected chi connectivity index (χ2v) is 5.58. The van der Waals surface area contributed by atoms with Crippen LogP contribution in [-0.2, 0) is 4.79 Å². The quantitative estimate of drug-likeness (QED) is 0.689. The average molecular weight is 342 g/mol. The topological polar surface area (TPSA) is 90.1 Å². The van der Waals surface area contributed by atoms with Gasteiger partial charge in [-0.25, -0.2) is 0 Å². The van der Waals surface area contributed by atoms with E-state index in [0.717, 1.165) is 5.75 Å². The van der Waals surface area contributed by atoms with Crippen molar-refractivity contribution in [1.82, 2.24) is 15.2 Å². The molecule has 3 rings (SSSR count). The molecule has 0 saturated heterocycles. The first-order valence-corrected chi connectivity index (χ1v) is 8.05. The molecule has 0 spiro atoms. The Balaban J connectivity index is 1.53. The fraction of sp³-hybridized carbons (Fsp3) is 0.125. The van der Waals surface area contributed by atoms with Gasteiger partial charge in [-0.05, 0) is 36.4 Å². The molecule has 2 heterocycles. The number of pyridine rings is 1. The summed E-state index contributed by atoms with van der Waals surface area (Å²) in [5.74, 6) is 1.06. The van der Waals surface area contributed by atoms with Gasteiger partial charge in [0.25, 0.3) is 11.1 Å². The van der Waals surface area contributed by atoms with E-state index in [-0.39, 0.29) is 11.7 Å². The van der Waals surface area contributed by atoms with Crippen molar-refractivity contribution in [3.63, 3.8) is 0 Å². The van der Waals surface area contributed by atoms with E-state index in [1.165, 1.54) is 11.8 Å². The van der Waals surface area contributed by atoms with Crippen LogP contribution in [-0.4, -0.2) is 34.0 Å². The summed E-state index contributed by atoms with van der Waals surface area (Å²) in [6, 6.07) is 12.5. The number of carbonyl (C=O) groups excluding carboxylic acids is 1. The monoisotopic (exact) mass is 342 g/mol. The molecule has 0 atom stereocenters. The van der Waals surface area contributed by atoms with Gasteiger partial charge in [-0.3, -0.25) is 9.78 Å². The molecule has 0 saturated carbocycles. The van der Waals surface area contributed by atoms with Crippen LogP contribution in [0.1, 0.15) is 0 Å². The Hall–Kier alpha value is -2.87. The SMILES string of the molecule is COc1ccc(NC(=O)CSc2nnc(-c3ccccn3)o2)cc1. The molecule has 0 aliphatic carbocycles. The standard InChI is InChI=1S/C16H14N4O3S/c1-22-12-7-5-11(6-8-12)18-14(21)10-24-16-20-19-15(23-16)13-4-2-3-9-17-13/h2-9H,10H2,1H3,(H,18,21). The number of nitrogens with one attached hydrogen (secondary N) is 1. The number of ether oxygens (including phenoxy) is 1. The van der Waals surface area contributed by atoms with Crippen LogP contribution in [0.4, 0.5) is 5.69 Å². The van der Waals surface area contributed by atoms with Crippen molar-refractivity contribution in [2.75, 3.05) is 18.2 Å². The molecule has 0 aliphatic rings. The summed E-state index contributed by atoms with van der Waals surface area (Å²) in [5.41, 5.74) is 1.29. The normalized spacial score (nSPS) is 10.4. The van der Waals surface area contributed by atoms with E-state index < -0.39 is 0 Å². The van der Waals surface area contributed by atoms with E-state index in [1.54, 1.807) is 49.7 Å². The molecule has 7 nitrogen and oxygen atoms in total. The van der Waals surface area contributed by atoms with Crippen LogP contribution in [0.5, 0.6) is 5.75 Å². The van der Waals surface area contributed by atoms with Crippen LogP contribution in [0, 0.1) is 0 Å². The molecule has 1 aromatic carbocycles. The van der Waals surface area contributed by atoms with Gasteiger partial charge in [-0.15, -0.1) is 10.2 Å². The molecule has 24 heavy (non-hydrogen) atoms. The summed E-state index contributed by atoms with van der Waals surface area (Å²) in [5, 5.41) is 10.9. The van der Waals surface area contributed by atoms with E-state index in [2.05, 4.69) is 20.5 Å². The molecular formula is C16H14N4O3S. The zero-order valence-electron chi connectivity index (χ0n) is 12.8. The third-order valence-electron chi connectivity index (χ3n) is 2.99. The Morgan fingerprint density at radius 3 is 2.75 bits per heavy atom. The summed E-state index contributed by atoms with van der Waals surface area (Å²) in [7, 11) is 1.59. The largest absolute Gasteiger partial charge is 0.497 e. The number of methoxy groups -OCH3 is 1. The first kappa shape index (κ1) is 16.0. The summed E-state index contributed by atoms with van der Waals surface area (Å²) in [6.07, 6.45) is 1.65. The first-order valence-electron chi connectivity index (χ1n) is 7.06. The zero-order valence-corrected chi connectivity index (χ0v) is 13.6. The summed E-state index contributed by atoms with van der Waals surface area (Å²) >= 11 is 1.17. The highest BCUT2D eigenvalue weighted by molar-refractivity contribution is 7.99. The maximum atomic E-state index is 12.0. The predicted octanol–water partition coefficient (Wildman–Crippen LogP) is 2.87. The van der Waals surface area contributed by atoms with Crippen LogP contribution in [0.3, 0.4) is 0 Å². The molecule has 0 unspecified atom stereocenters. The highest BCUT2D eigenvalue weighted by Crippen LogP contribution is 2.22. The Kier molecular flexibility index (Phi) is 5.07. The van der Waals surface area contributed by atoms with Crippen molar-refractivity contribution < 1.29 is 13.9 Å². The Bertz CT molecular complexity index is 806. The molecule has 2 aromatic heterocycles. The van der Waals surface area contributed by atoms with E-state index in [4.69, 9.17) is 9.15 Å². The second kappa shape index (κ2) is 7.60. The molecule has 8 heteroatoms. The van der Waals surface area contributed by atoms with E-state index in [0.29, 0.717) is 22.5 Å². The number of hydrogen-bond donors (Lipinski definition) is 1.